The Hall–Kier alpha value is -0.440. The first kappa shape index (κ1) is 15.9. The van der Waals surface area contributed by atoms with E-state index in [1.54, 1.807) is 7.11 Å². The smallest absolute Gasteiger partial charge is 0.138 e. The second-order valence-corrected chi connectivity index (χ2v) is 6.32. The van der Waals surface area contributed by atoms with Gasteiger partial charge < -0.3 is 10.1 Å². The molecule has 4 heteroatoms. The maximum Gasteiger partial charge on any atom is 0.138 e. The summed E-state index contributed by atoms with van der Waals surface area (Å²) in [4.78, 5) is 0. The van der Waals surface area contributed by atoms with Crippen molar-refractivity contribution in [1.82, 2.24) is 5.32 Å². The zero-order chi connectivity index (χ0) is 14.5. The van der Waals surface area contributed by atoms with Crippen LogP contribution in [0.5, 0.6) is 5.75 Å². The number of benzene rings is 1. The Bertz CT molecular complexity index is 444. The molecule has 1 aliphatic carbocycles. The van der Waals surface area contributed by atoms with Crippen LogP contribution in [0.1, 0.15) is 50.6 Å². The lowest BCUT2D eigenvalue weighted by molar-refractivity contribution is 0.398. The van der Waals surface area contributed by atoms with Gasteiger partial charge in [0, 0.05) is 17.1 Å². The highest BCUT2D eigenvalue weighted by Gasteiger charge is 2.23. The van der Waals surface area contributed by atoms with Gasteiger partial charge in [-0.15, -0.1) is 0 Å². The Kier molecular flexibility index (Phi) is 6.01. The van der Waals surface area contributed by atoms with Crippen LogP contribution < -0.4 is 10.1 Å². The van der Waals surface area contributed by atoms with E-state index in [4.69, 9.17) is 27.9 Å². The molecule has 0 aromatic heterocycles. The van der Waals surface area contributed by atoms with E-state index in [0.717, 1.165) is 29.5 Å². The van der Waals surface area contributed by atoms with Gasteiger partial charge in [-0.05, 0) is 30.5 Å². The fourth-order valence-electron chi connectivity index (χ4n) is 3.11. The highest BCUT2D eigenvalue weighted by Crippen LogP contribution is 2.38. The molecule has 1 unspecified atom stereocenters. The lowest BCUT2D eigenvalue weighted by atomic mass is 9.93. The van der Waals surface area contributed by atoms with Gasteiger partial charge in [0.15, 0.2) is 0 Å². The average Bonchev–Trinajstić information content (AvgIpc) is 2.93. The molecule has 1 fully saturated rings. The number of halogens is 2. The summed E-state index contributed by atoms with van der Waals surface area (Å²) in [6.07, 6.45) is 6.53. The van der Waals surface area contributed by atoms with Crippen LogP contribution >= 0.6 is 23.2 Å². The van der Waals surface area contributed by atoms with Crippen molar-refractivity contribution < 1.29 is 4.74 Å². The summed E-state index contributed by atoms with van der Waals surface area (Å²) in [5.41, 5.74) is 1.09. The quantitative estimate of drug-likeness (QED) is 0.775. The normalized spacial score (nSPS) is 17.4. The molecule has 0 spiro atoms. The van der Waals surface area contributed by atoms with Crippen molar-refractivity contribution in [2.45, 2.75) is 45.1 Å². The molecule has 0 bridgehead atoms. The zero-order valence-electron chi connectivity index (χ0n) is 12.2. The molecule has 0 radical (unpaired) electrons. The minimum Gasteiger partial charge on any atom is -0.495 e. The topological polar surface area (TPSA) is 21.3 Å². The second kappa shape index (κ2) is 7.53. The average molecular weight is 316 g/mol. The van der Waals surface area contributed by atoms with E-state index in [1.165, 1.54) is 25.7 Å². The maximum absolute atomic E-state index is 6.42. The van der Waals surface area contributed by atoms with Crippen molar-refractivity contribution >= 4 is 23.2 Å². The van der Waals surface area contributed by atoms with Gasteiger partial charge in [0.25, 0.3) is 0 Å². The van der Waals surface area contributed by atoms with Crippen molar-refractivity contribution in [3.05, 3.63) is 27.7 Å². The van der Waals surface area contributed by atoms with Crippen LogP contribution in [0.25, 0.3) is 0 Å². The van der Waals surface area contributed by atoms with E-state index in [-0.39, 0.29) is 6.04 Å². The molecule has 0 amide bonds. The number of ether oxygens (including phenoxy) is 1. The highest BCUT2D eigenvalue weighted by molar-refractivity contribution is 6.34. The number of methoxy groups -OCH3 is 1. The Morgan fingerprint density at radius 3 is 2.55 bits per heavy atom. The van der Waals surface area contributed by atoms with Crippen LogP contribution in [-0.4, -0.2) is 13.7 Å². The first-order valence-corrected chi connectivity index (χ1v) is 8.17. The summed E-state index contributed by atoms with van der Waals surface area (Å²) in [5.74, 6) is 1.44. The van der Waals surface area contributed by atoms with Crippen molar-refractivity contribution in [3.8, 4) is 5.75 Å². The zero-order valence-corrected chi connectivity index (χ0v) is 13.7. The number of hydrogen-bond donors (Lipinski definition) is 1. The fraction of sp³-hybridized carbons (Fsp3) is 0.625. The van der Waals surface area contributed by atoms with E-state index in [9.17, 15) is 0 Å². The molecule has 0 saturated heterocycles. The van der Waals surface area contributed by atoms with E-state index in [1.807, 2.05) is 12.1 Å². The van der Waals surface area contributed by atoms with Crippen LogP contribution in [0.15, 0.2) is 12.1 Å². The largest absolute Gasteiger partial charge is 0.495 e. The van der Waals surface area contributed by atoms with Crippen LogP contribution in [0.4, 0.5) is 0 Å². The number of nitrogens with one attached hydrogen (secondary N) is 1. The molecule has 0 heterocycles. The summed E-state index contributed by atoms with van der Waals surface area (Å²) >= 11 is 12.7. The summed E-state index contributed by atoms with van der Waals surface area (Å²) in [6, 6.07) is 4.04. The lowest BCUT2D eigenvalue weighted by Crippen LogP contribution is -2.23. The van der Waals surface area contributed by atoms with Gasteiger partial charge in [0.2, 0.25) is 0 Å². The van der Waals surface area contributed by atoms with E-state index in [0.29, 0.717) is 10.8 Å². The van der Waals surface area contributed by atoms with Gasteiger partial charge >= 0.3 is 0 Å². The first-order chi connectivity index (χ1) is 9.65. The van der Waals surface area contributed by atoms with Gasteiger partial charge in [-0.1, -0.05) is 55.8 Å². The predicted molar refractivity (Wildman–Crippen MR) is 86.0 cm³/mol. The third-order valence-electron chi connectivity index (χ3n) is 4.14. The molecule has 2 nitrogen and oxygen atoms in total. The molecule has 1 atom stereocenters. The van der Waals surface area contributed by atoms with Crippen molar-refractivity contribution in [2.75, 3.05) is 13.7 Å². The second-order valence-electron chi connectivity index (χ2n) is 5.50. The van der Waals surface area contributed by atoms with Crippen LogP contribution in [0.3, 0.4) is 0 Å². The molecule has 112 valence electrons. The first-order valence-electron chi connectivity index (χ1n) is 7.42. The monoisotopic (exact) mass is 315 g/mol. The summed E-state index contributed by atoms with van der Waals surface area (Å²) in [6.45, 7) is 3.05. The fourth-order valence-corrected chi connectivity index (χ4v) is 3.65. The molecule has 1 aromatic rings. The minimum absolute atomic E-state index is 0.277. The van der Waals surface area contributed by atoms with Crippen LogP contribution in [0, 0.1) is 5.92 Å². The van der Waals surface area contributed by atoms with E-state index in [2.05, 4.69) is 12.2 Å². The summed E-state index contributed by atoms with van der Waals surface area (Å²) in [5, 5.41) is 4.91. The maximum atomic E-state index is 6.42. The molecular formula is C16H23Cl2NO. The van der Waals surface area contributed by atoms with Crippen LogP contribution in [-0.2, 0) is 0 Å². The van der Waals surface area contributed by atoms with Gasteiger partial charge in [-0.25, -0.2) is 0 Å². The summed E-state index contributed by atoms with van der Waals surface area (Å²) in [7, 11) is 1.61. The van der Waals surface area contributed by atoms with Crippen molar-refractivity contribution in [1.29, 1.82) is 0 Å². The number of hydrogen-bond acceptors (Lipinski definition) is 2. The third-order valence-corrected chi connectivity index (χ3v) is 4.76. The van der Waals surface area contributed by atoms with Gasteiger partial charge in [-0.3, -0.25) is 0 Å². The van der Waals surface area contributed by atoms with Gasteiger partial charge in [-0.2, -0.15) is 0 Å². The standard InChI is InChI=1S/C16H23Cl2NO/c1-3-19-15(8-11-6-4-5-7-11)12-9-14(18)16(20-2)10-13(12)17/h9-11,15,19H,3-8H2,1-2H3. The predicted octanol–water partition coefficient (Wildman–Crippen LogP) is 5.23. The molecule has 0 aliphatic heterocycles. The minimum atomic E-state index is 0.277. The van der Waals surface area contributed by atoms with Crippen LogP contribution in [0.2, 0.25) is 10.0 Å². The molecule has 1 saturated carbocycles. The number of rotatable bonds is 6. The molecular weight excluding hydrogens is 293 g/mol. The molecule has 2 rings (SSSR count). The third kappa shape index (κ3) is 3.81. The van der Waals surface area contributed by atoms with E-state index < -0.39 is 0 Å². The van der Waals surface area contributed by atoms with E-state index >= 15 is 0 Å². The SMILES string of the molecule is CCNC(CC1CCCC1)c1cc(Cl)c(OC)cc1Cl. The Balaban J connectivity index is 2.21. The van der Waals surface area contributed by atoms with Crippen molar-refractivity contribution in [3.63, 3.8) is 0 Å². The summed E-state index contributed by atoms with van der Waals surface area (Å²) < 4.78 is 5.22. The molecule has 20 heavy (non-hydrogen) atoms. The molecule has 1 aromatic carbocycles. The van der Waals surface area contributed by atoms with Crippen molar-refractivity contribution in [2.24, 2.45) is 5.92 Å². The molecule has 1 N–H and O–H groups in total. The molecule has 1 aliphatic rings. The van der Waals surface area contributed by atoms with Gasteiger partial charge in [0.05, 0.1) is 12.1 Å². The Morgan fingerprint density at radius 2 is 1.95 bits per heavy atom. The lowest BCUT2D eigenvalue weighted by Gasteiger charge is -2.23. The Morgan fingerprint density at radius 1 is 1.25 bits per heavy atom. The Labute approximate surface area is 131 Å². The highest BCUT2D eigenvalue weighted by atomic mass is 35.5. The van der Waals surface area contributed by atoms with Gasteiger partial charge in [0.1, 0.15) is 5.75 Å².